The van der Waals surface area contributed by atoms with Crippen LogP contribution in [0.1, 0.15) is 22.9 Å². The Balaban J connectivity index is 1.73. The van der Waals surface area contributed by atoms with Crippen LogP contribution in [-0.4, -0.2) is 19.2 Å². The average Bonchev–Trinajstić information content (AvgIpc) is 3.31. The van der Waals surface area contributed by atoms with Crippen molar-refractivity contribution in [3.05, 3.63) is 76.5 Å². The summed E-state index contributed by atoms with van der Waals surface area (Å²) in [5, 5.41) is 23.4. The largest absolute Gasteiger partial charge is 0.508 e. The molecule has 4 rings (SSSR count). The lowest BCUT2D eigenvalue weighted by Crippen LogP contribution is -2.18. The molecule has 0 saturated heterocycles. The number of sulfonamides is 1. The first-order valence-corrected chi connectivity index (χ1v) is 10.7. The van der Waals surface area contributed by atoms with Gasteiger partial charge in [0.05, 0.1) is 22.3 Å². The molecule has 1 aliphatic rings. The number of nitrogens with two attached hydrogens (primary N) is 1. The summed E-state index contributed by atoms with van der Waals surface area (Å²) in [5.41, 5.74) is 2.64. The molecular formula is C19H17N3O3S2. The van der Waals surface area contributed by atoms with Gasteiger partial charge in [-0.15, -0.1) is 11.3 Å². The van der Waals surface area contributed by atoms with Gasteiger partial charge in [-0.05, 0) is 65.5 Å². The Kier molecular flexibility index (Phi) is 4.47. The molecule has 138 valence electrons. The summed E-state index contributed by atoms with van der Waals surface area (Å²) in [6.45, 7) is 0. The molecule has 0 amide bonds. The zero-order chi connectivity index (χ0) is 19.0. The lowest BCUT2D eigenvalue weighted by atomic mass is 10.0. The van der Waals surface area contributed by atoms with E-state index in [-0.39, 0.29) is 16.7 Å². The fourth-order valence-corrected chi connectivity index (χ4v) is 4.39. The number of nitrogens with zero attached hydrogens (tertiary/aromatic N) is 2. The monoisotopic (exact) mass is 399 g/mol. The molecule has 6 nitrogen and oxygen atoms in total. The third kappa shape index (κ3) is 3.59. The van der Waals surface area contributed by atoms with Crippen LogP contribution in [-0.2, 0) is 10.0 Å². The molecule has 0 bridgehead atoms. The van der Waals surface area contributed by atoms with Gasteiger partial charge >= 0.3 is 0 Å². The summed E-state index contributed by atoms with van der Waals surface area (Å²) < 4.78 is 23.0. The van der Waals surface area contributed by atoms with Gasteiger partial charge in [0.25, 0.3) is 0 Å². The third-order valence-electron chi connectivity index (χ3n) is 4.41. The quantitative estimate of drug-likeness (QED) is 0.702. The topological polar surface area (TPSA) is 96.0 Å². The van der Waals surface area contributed by atoms with Crippen LogP contribution in [0.2, 0.25) is 0 Å². The molecular weight excluding hydrogens is 382 g/mol. The van der Waals surface area contributed by atoms with Gasteiger partial charge in [-0.1, -0.05) is 6.07 Å². The zero-order valence-corrected chi connectivity index (χ0v) is 15.8. The van der Waals surface area contributed by atoms with Crippen molar-refractivity contribution in [2.24, 2.45) is 10.2 Å². The van der Waals surface area contributed by atoms with Crippen molar-refractivity contribution in [2.75, 3.05) is 5.01 Å². The summed E-state index contributed by atoms with van der Waals surface area (Å²) in [4.78, 5) is 1.24. The van der Waals surface area contributed by atoms with E-state index in [1.165, 1.54) is 17.0 Å². The number of aromatic hydroxyl groups is 1. The molecule has 2 aromatic carbocycles. The Morgan fingerprint density at radius 3 is 2.37 bits per heavy atom. The summed E-state index contributed by atoms with van der Waals surface area (Å²) in [5.74, 6) is 0.211. The highest BCUT2D eigenvalue weighted by Crippen LogP contribution is 2.38. The van der Waals surface area contributed by atoms with E-state index in [1.807, 2.05) is 28.6 Å². The highest BCUT2D eigenvalue weighted by Gasteiger charge is 2.30. The maximum atomic E-state index is 11.5. The SMILES string of the molecule is NS(=O)(=O)c1ccc(N2N=C(c3ccc(O)cc3)CC2c2cccs2)cc1. The van der Waals surface area contributed by atoms with E-state index in [0.717, 1.165) is 17.0 Å². The summed E-state index contributed by atoms with van der Waals surface area (Å²) in [6.07, 6.45) is 0.711. The van der Waals surface area contributed by atoms with Crippen molar-refractivity contribution in [3.8, 4) is 5.75 Å². The van der Waals surface area contributed by atoms with E-state index in [4.69, 9.17) is 10.2 Å². The van der Waals surface area contributed by atoms with Gasteiger partial charge in [-0.25, -0.2) is 13.6 Å². The van der Waals surface area contributed by atoms with Crippen molar-refractivity contribution < 1.29 is 13.5 Å². The van der Waals surface area contributed by atoms with E-state index >= 15 is 0 Å². The number of hydrogen-bond donors (Lipinski definition) is 2. The van der Waals surface area contributed by atoms with E-state index in [1.54, 1.807) is 35.6 Å². The van der Waals surface area contributed by atoms with Gasteiger partial charge in [0, 0.05) is 11.3 Å². The second-order valence-corrected chi connectivity index (χ2v) is 8.75. The third-order valence-corrected chi connectivity index (χ3v) is 6.32. The highest BCUT2D eigenvalue weighted by molar-refractivity contribution is 7.89. The summed E-state index contributed by atoms with van der Waals surface area (Å²) in [7, 11) is -3.73. The fraction of sp³-hybridized carbons (Fsp3) is 0.105. The predicted molar refractivity (Wildman–Crippen MR) is 107 cm³/mol. The van der Waals surface area contributed by atoms with Crippen molar-refractivity contribution in [1.29, 1.82) is 0 Å². The second-order valence-electron chi connectivity index (χ2n) is 6.21. The Bertz CT molecular complexity index is 1070. The minimum atomic E-state index is -3.73. The first-order chi connectivity index (χ1) is 12.9. The predicted octanol–water partition coefficient (Wildman–Crippen LogP) is 3.46. The molecule has 8 heteroatoms. The molecule has 27 heavy (non-hydrogen) atoms. The lowest BCUT2D eigenvalue weighted by Gasteiger charge is -2.22. The number of benzene rings is 2. The number of rotatable bonds is 4. The number of phenolic OH excluding ortho intramolecular Hbond substituents is 1. The molecule has 0 aliphatic carbocycles. The number of hydrogen-bond acceptors (Lipinski definition) is 6. The number of hydrazone groups is 1. The van der Waals surface area contributed by atoms with Crippen LogP contribution >= 0.6 is 11.3 Å². The molecule has 1 aliphatic heterocycles. The van der Waals surface area contributed by atoms with Crippen LogP contribution in [0.5, 0.6) is 5.75 Å². The van der Waals surface area contributed by atoms with Crippen LogP contribution in [0.4, 0.5) is 5.69 Å². The molecule has 2 heterocycles. The minimum absolute atomic E-state index is 0.0223. The number of thiophene rings is 1. The Hall–Kier alpha value is -2.68. The normalized spacial score (nSPS) is 17.1. The molecule has 3 aromatic rings. The molecule has 0 fully saturated rings. The van der Waals surface area contributed by atoms with Crippen molar-refractivity contribution in [1.82, 2.24) is 0 Å². The van der Waals surface area contributed by atoms with Gasteiger partial charge in [0.2, 0.25) is 10.0 Å². The van der Waals surface area contributed by atoms with Crippen LogP contribution in [0, 0.1) is 0 Å². The van der Waals surface area contributed by atoms with Crippen molar-refractivity contribution >= 4 is 32.8 Å². The number of anilines is 1. The minimum Gasteiger partial charge on any atom is -0.508 e. The highest BCUT2D eigenvalue weighted by atomic mass is 32.2. The average molecular weight is 399 g/mol. The summed E-state index contributed by atoms with van der Waals surface area (Å²) in [6, 6.07) is 17.5. The first-order valence-electron chi connectivity index (χ1n) is 8.24. The van der Waals surface area contributed by atoms with E-state index in [0.29, 0.717) is 6.42 Å². The van der Waals surface area contributed by atoms with Gasteiger partial charge in [-0.2, -0.15) is 5.10 Å². The van der Waals surface area contributed by atoms with Gasteiger partial charge in [-0.3, -0.25) is 5.01 Å². The number of primary sulfonamides is 1. The molecule has 3 N–H and O–H groups in total. The van der Waals surface area contributed by atoms with Gasteiger partial charge in [0.1, 0.15) is 5.75 Å². The molecule has 0 saturated carbocycles. The maximum absolute atomic E-state index is 11.5. The molecule has 1 aromatic heterocycles. The van der Waals surface area contributed by atoms with E-state index in [9.17, 15) is 13.5 Å². The van der Waals surface area contributed by atoms with Gasteiger partial charge < -0.3 is 5.11 Å². The summed E-state index contributed by atoms with van der Waals surface area (Å²) >= 11 is 1.65. The molecule has 1 unspecified atom stereocenters. The number of phenols is 1. The van der Waals surface area contributed by atoms with E-state index in [2.05, 4.69) is 6.07 Å². The fourth-order valence-electron chi connectivity index (χ4n) is 3.07. The van der Waals surface area contributed by atoms with Crippen LogP contribution < -0.4 is 10.1 Å². The Morgan fingerprint density at radius 1 is 1.07 bits per heavy atom. The molecule has 0 radical (unpaired) electrons. The standard InChI is InChI=1S/C19H17N3O3S2/c20-27(24,25)16-9-5-14(6-10-16)22-18(19-2-1-11-26-19)12-17(21-22)13-3-7-15(23)8-4-13/h1-11,18,23H,12H2,(H2,20,24,25). The van der Waals surface area contributed by atoms with Crippen LogP contribution in [0.25, 0.3) is 0 Å². The Labute approximate surface area is 161 Å². The van der Waals surface area contributed by atoms with Gasteiger partial charge in [0.15, 0.2) is 0 Å². The smallest absolute Gasteiger partial charge is 0.238 e. The van der Waals surface area contributed by atoms with Crippen molar-refractivity contribution in [3.63, 3.8) is 0 Å². The van der Waals surface area contributed by atoms with Crippen molar-refractivity contribution in [2.45, 2.75) is 17.4 Å². The molecule has 0 spiro atoms. The maximum Gasteiger partial charge on any atom is 0.238 e. The molecule has 1 atom stereocenters. The zero-order valence-electron chi connectivity index (χ0n) is 14.2. The first kappa shape index (κ1) is 17.7. The lowest BCUT2D eigenvalue weighted by molar-refractivity contribution is 0.475. The van der Waals surface area contributed by atoms with E-state index < -0.39 is 10.0 Å². The van der Waals surface area contributed by atoms with Crippen LogP contribution in [0.15, 0.2) is 76.0 Å². The Morgan fingerprint density at radius 2 is 1.78 bits per heavy atom. The van der Waals surface area contributed by atoms with Crippen LogP contribution in [0.3, 0.4) is 0 Å². The second kappa shape index (κ2) is 6.80.